The van der Waals surface area contributed by atoms with Crippen LogP contribution in [0.25, 0.3) is 0 Å². The van der Waals surface area contributed by atoms with E-state index in [1.807, 2.05) is 18.9 Å². The van der Waals surface area contributed by atoms with Crippen molar-refractivity contribution >= 4 is 7.60 Å². The number of piperidine rings is 1. The van der Waals surface area contributed by atoms with Gasteiger partial charge in [-0.15, -0.1) is 0 Å². The van der Waals surface area contributed by atoms with Gasteiger partial charge in [0.05, 0.1) is 29.8 Å². The van der Waals surface area contributed by atoms with Crippen molar-refractivity contribution in [2.75, 3.05) is 13.2 Å². The Labute approximate surface area is 184 Å². The second-order valence-electron chi connectivity index (χ2n) is 11.8. The van der Waals surface area contributed by atoms with Gasteiger partial charge in [-0.05, 0) is 67.7 Å². The molecule has 30 heavy (non-hydrogen) atoms. The van der Waals surface area contributed by atoms with Gasteiger partial charge in [0.15, 0.2) is 11.9 Å². The van der Waals surface area contributed by atoms with Crippen molar-refractivity contribution < 1.29 is 23.7 Å². The summed E-state index contributed by atoms with van der Waals surface area (Å²) in [6, 6.07) is 0. The summed E-state index contributed by atoms with van der Waals surface area (Å²) in [4.78, 5) is 5.22. The molecule has 1 atom stereocenters. The van der Waals surface area contributed by atoms with E-state index in [9.17, 15) is 4.57 Å². The van der Waals surface area contributed by atoms with Gasteiger partial charge in [-0.3, -0.25) is 4.57 Å². The number of aliphatic hydroxyl groups is 1. The van der Waals surface area contributed by atoms with Crippen LogP contribution in [0.1, 0.15) is 95.9 Å². The zero-order valence-corrected chi connectivity index (χ0v) is 22.4. The van der Waals surface area contributed by atoms with Crippen molar-refractivity contribution in [1.29, 1.82) is 0 Å². The zero-order valence-electron chi connectivity index (χ0n) is 21.5. The fourth-order valence-corrected chi connectivity index (χ4v) is 7.30. The van der Waals surface area contributed by atoms with E-state index in [4.69, 9.17) is 19.1 Å². The van der Waals surface area contributed by atoms with Crippen molar-refractivity contribution in [3.8, 4) is 0 Å². The molecule has 1 saturated heterocycles. The molecule has 0 spiro atoms. The predicted molar refractivity (Wildman–Crippen MR) is 125 cm³/mol. The monoisotopic (exact) mass is 452 g/mol. The summed E-state index contributed by atoms with van der Waals surface area (Å²) in [7, 11) is -3.46. The number of rotatable bonds is 8. The number of hydroxylamine groups is 4. The average molecular weight is 453 g/mol. The van der Waals surface area contributed by atoms with Crippen LogP contribution in [0.15, 0.2) is 0 Å². The minimum absolute atomic E-state index is 0.0115. The van der Waals surface area contributed by atoms with Crippen LogP contribution in [0.2, 0.25) is 0 Å². The molecule has 0 aromatic rings. The Hall–Kier alpha value is -0.0100. The van der Waals surface area contributed by atoms with E-state index in [-0.39, 0.29) is 22.7 Å². The quantitative estimate of drug-likeness (QED) is 0.299. The molecule has 1 fully saturated rings. The highest BCUT2D eigenvalue weighted by Gasteiger charge is 2.57. The summed E-state index contributed by atoms with van der Waals surface area (Å²) >= 11 is 0. The van der Waals surface area contributed by atoms with Gasteiger partial charge in [-0.2, -0.15) is 0 Å². The van der Waals surface area contributed by atoms with Gasteiger partial charge in [-0.1, -0.05) is 30.9 Å². The van der Waals surface area contributed by atoms with Gasteiger partial charge in [0, 0.05) is 12.8 Å². The van der Waals surface area contributed by atoms with Crippen LogP contribution in [0.3, 0.4) is 0 Å². The number of hydrogen-bond acceptors (Lipinski definition) is 5. The third kappa shape index (κ3) is 6.50. The third-order valence-electron chi connectivity index (χ3n) is 5.58. The molecule has 1 aliphatic heterocycles. The Balaban J connectivity index is 3.43. The van der Waals surface area contributed by atoms with Crippen molar-refractivity contribution in [3.63, 3.8) is 0 Å². The summed E-state index contributed by atoms with van der Waals surface area (Å²) < 4.78 is 25.6. The molecule has 7 nitrogen and oxygen atoms in total. The van der Waals surface area contributed by atoms with E-state index in [0.717, 1.165) is 12.8 Å². The van der Waals surface area contributed by atoms with Crippen LogP contribution in [0.4, 0.5) is 0 Å². The lowest BCUT2D eigenvalue weighted by Gasteiger charge is -2.49. The smallest absolute Gasteiger partial charge is 0.338 e. The second-order valence-corrected chi connectivity index (χ2v) is 13.9. The molecule has 1 aliphatic rings. The SMILES string of the molecule is CCOP(=O)(OCC)C(N([OH+]C1CC(C)(C)N([OH2+])C(C)(C)C1)C(C)(C)C)C(C)(C)C. The molecule has 0 bridgehead atoms. The molecule has 0 saturated carbocycles. The number of hydrogen-bond donors (Lipinski definition) is 0. The maximum Gasteiger partial charge on any atom is 0.355 e. The highest BCUT2D eigenvalue weighted by atomic mass is 31.2. The molecule has 0 aliphatic carbocycles. The molecule has 0 radical (unpaired) electrons. The fourth-order valence-electron chi connectivity index (χ4n) is 4.60. The molecule has 1 unspecified atom stereocenters. The first-order chi connectivity index (χ1) is 13.3. The maximum absolute atomic E-state index is 14.0. The number of nitrogens with zero attached hydrogens (tertiary/aromatic N) is 2. The van der Waals surface area contributed by atoms with Crippen LogP contribution in [0, 0.1) is 5.41 Å². The third-order valence-corrected chi connectivity index (χ3v) is 8.41. The van der Waals surface area contributed by atoms with Crippen molar-refractivity contribution in [1.82, 2.24) is 10.1 Å². The second kappa shape index (κ2) is 9.46. The van der Waals surface area contributed by atoms with Crippen LogP contribution < -0.4 is 0 Å². The normalized spacial score (nSPS) is 22.5. The lowest BCUT2D eigenvalue weighted by molar-refractivity contribution is -0.398. The summed E-state index contributed by atoms with van der Waals surface area (Å²) in [5.41, 5.74) is -1.38. The minimum atomic E-state index is -3.46. The summed E-state index contributed by atoms with van der Waals surface area (Å²) in [6.07, 6.45) is 1.53. The Bertz CT molecular complexity index is 582. The van der Waals surface area contributed by atoms with E-state index in [0.29, 0.717) is 13.2 Å². The van der Waals surface area contributed by atoms with Crippen molar-refractivity contribution in [2.24, 2.45) is 5.41 Å². The van der Waals surface area contributed by atoms with E-state index in [1.54, 1.807) is 5.06 Å². The summed E-state index contributed by atoms with van der Waals surface area (Å²) in [6.45, 7) is 25.2. The standard InChI is InChI=1S/C22H47N2O5P/c1-13-27-30(26,28-14-2)18(19(3,4)5)23(20(6,7)8)29-17-15-21(9,10)24(25)22(11,12)16-17/h17-18,25H,13-16H2,1-12H3/p+2. The fraction of sp³-hybridized carbons (Fsp3) is 1.00. The summed E-state index contributed by atoms with van der Waals surface area (Å²) in [5.74, 6) is -0.523. The molecule has 180 valence electrons. The molecule has 0 aromatic heterocycles. The first-order valence-electron chi connectivity index (χ1n) is 11.2. The van der Waals surface area contributed by atoms with Crippen LogP contribution in [-0.4, -0.2) is 61.9 Å². The van der Waals surface area contributed by atoms with E-state index < -0.39 is 18.8 Å². The van der Waals surface area contributed by atoms with Crippen LogP contribution in [0.5, 0.6) is 0 Å². The van der Waals surface area contributed by atoms with Crippen LogP contribution in [-0.2, 0) is 13.6 Å². The van der Waals surface area contributed by atoms with E-state index in [2.05, 4.69) is 69.2 Å². The van der Waals surface area contributed by atoms with Gasteiger partial charge in [0.1, 0.15) is 0 Å². The molecular weight excluding hydrogens is 403 g/mol. The lowest BCUT2D eigenvalue weighted by atomic mass is 9.80. The first-order valence-corrected chi connectivity index (χ1v) is 12.8. The predicted octanol–water partition coefficient (Wildman–Crippen LogP) is 4.83. The maximum atomic E-state index is 14.0. The van der Waals surface area contributed by atoms with Crippen molar-refractivity contribution in [2.45, 2.75) is 124 Å². The molecule has 3 N–H and O–H groups in total. The highest BCUT2D eigenvalue weighted by molar-refractivity contribution is 7.54. The molecule has 0 aromatic carbocycles. The topological polar surface area (TPSA) is 77.7 Å². The lowest BCUT2D eigenvalue weighted by Crippen LogP contribution is -2.64. The molecule has 1 heterocycles. The Morgan fingerprint density at radius 3 is 1.73 bits per heavy atom. The Morgan fingerprint density at radius 1 is 1.03 bits per heavy atom. The van der Waals surface area contributed by atoms with Crippen LogP contribution >= 0.6 is 7.60 Å². The Morgan fingerprint density at radius 2 is 1.43 bits per heavy atom. The van der Waals surface area contributed by atoms with E-state index >= 15 is 0 Å². The van der Waals surface area contributed by atoms with Gasteiger partial charge in [-0.25, -0.2) is 0 Å². The molecule has 8 heteroatoms. The van der Waals surface area contributed by atoms with Gasteiger partial charge >= 0.3 is 7.60 Å². The minimum Gasteiger partial charge on any atom is -0.338 e. The highest BCUT2D eigenvalue weighted by Crippen LogP contribution is 2.60. The molecular formula is C22H49N2O5P+2. The summed E-state index contributed by atoms with van der Waals surface area (Å²) in [5, 5.41) is 12.3. The molecule has 0 amide bonds. The molecule has 1 rings (SSSR count). The van der Waals surface area contributed by atoms with Crippen molar-refractivity contribution in [3.05, 3.63) is 0 Å². The Kier molecular flexibility index (Phi) is 8.84. The van der Waals surface area contributed by atoms with Gasteiger partial charge in [0.2, 0.25) is 0 Å². The first kappa shape index (κ1) is 28.0. The van der Waals surface area contributed by atoms with E-state index in [1.165, 1.54) is 0 Å². The largest absolute Gasteiger partial charge is 0.355 e. The average Bonchev–Trinajstić information content (AvgIpc) is 2.49. The van der Waals surface area contributed by atoms with Gasteiger partial charge < -0.3 is 19.1 Å². The van der Waals surface area contributed by atoms with Gasteiger partial charge in [0.25, 0.3) is 0 Å². The zero-order chi connectivity index (χ0) is 23.8.